The lowest BCUT2D eigenvalue weighted by Gasteiger charge is -2.43. The van der Waals surface area contributed by atoms with Crippen molar-refractivity contribution in [3.63, 3.8) is 0 Å². The number of hydrogen-bond donors (Lipinski definition) is 2. The van der Waals surface area contributed by atoms with Crippen LogP contribution in [0.2, 0.25) is 0 Å². The number of carbonyl (C=O) groups excluding carboxylic acids is 1. The SMILES string of the molecule is Cl.NC1C2CCCC1CC(C(=O)NCc1ccccc1OC(F)(F)F)C2. The van der Waals surface area contributed by atoms with E-state index in [9.17, 15) is 18.0 Å². The van der Waals surface area contributed by atoms with E-state index in [0.717, 1.165) is 25.7 Å². The zero-order valence-corrected chi connectivity index (χ0v) is 15.1. The molecule has 0 spiro atoms. The van der Waals surface area contributed by atoms with Gasteiger partial charge in [-0.15, -0.1) is 25.6 Å². The first-order valence-corrected chi connectivity index (χ1v) is 8.70. The number of hydrogen-bond acceptors (Lipinski definition) is 3. The molecule has 1 amide bonds. The Balaban J connectivity index is 0.00000243. The number of ether oxygens (including phenoxy) is 1. The molecule has 26 heavy (non-hydrogen) atoms. The second kappa shape index (κ2) is 8.48. The minimum absolute atomic E-state index is 0. The van der Waals surface area contributed by atoms with Crippen LogP contribution in [0.4, 0.5) is 13.2 Å². The lowest BCUT2D eigenvalue weighted by atomic mass is 9.65. The number of nitrogens with one attached hydrogen (secondary N) is 1. The summed E-state index contributed by atoms with van der Waals surface area (Å²) in [4.78, 5) is 12.5. The van der Waals surface area contributed by atoms with Crippen molar-refractivity contribution in [3.05, 3.63) is 29.8 Å². The van der Waals surface area contributed by atoms with Gasteiger partial charge in [-0.05, 0) is 43.6 Å². The van der Waals surface area contributed by atoms with E-state index in [1.165, 1.54) is 24.6 Å². The minimum atomic E-state index is -4.75. The maximum Gasteiger partial charge on any atom is 0.573 e. The molecule has 2 fully saturated rings. The molecule has 1 aromatic carbocycles. The number of para-hydroxylation sites is 1. The van der Waals surface area contributed by atoms with Crippen molar-refractivity contribution in [2.75, 3.05) is 0 Å². The van der Waals surface area contributed by atoms with E-state index in [-0.39, 0.29) is 42.6 Å². The smallest absolute Gasteiger partial charge is 0.405 e. The van der Waals surface area contributed by atoms with Crippen molar-refractivity contribution in [3.8, 4) is 5.75 Å². The van der Waals surface area contributed by atoms with Crippen molar-refractivity contribution in [1.29, 1.82) is 0 Å². The Morgan fingerprint density at radius 1 is 1.19 bits per heavy atom. The Kier molecular flexibility index (Phi) is 6.80. The van der Waals surface area contributed by atoms with Crippen LogP contribution in [-0.2, 0) is 11.3 Å². The molecular formula is C18H24ClF3N2O2. The number of fused-ring (bicyclic) bond motifs is 2. The lowest BCUT2D eigenvalue weighted by Crippen LogP contribution is -2.49. The number of rotatable bonds is 4. The summed E-state index contributed by atoms with van der Waals surface area (Å²) in [5.41, 5.74) is 6.54. The summed E-state index contributed by atoms with van der Waals surface area (Å²) in [6.07, 6.45) is 0.0679. The molecule has 0 radical (unpaired) electrons. The van der Waals surface area contributed by atoms with Gasteiger partial charge in [0.2, 0.25) is 5.91 Å². The van der Waals surface area contributed by atoms with Crippen molar-refractivity contribution in [1.82, 2.24) is 5.32 Å². The molecule has 146 valence electrons. The van der Waals surface area contributed by atoms with E-state index < -0.39 is 6.36 Å². The molecule has 2 bridgehead atoms. The first-order valence-electron chi connectivity index (χ1n) is 8.70. The number of halogens is 4. The van der Waals surface area contributed by atoms with Crippen LogP contribution in [0.15, 0.2) is 24.3 Å². The molecule has 2 aliphatic rings. The number of carbonyl (C=O) groups is 1. The standard InChI is InChI=1S/C18H23F3N2O2.ClH/c19-18(20,21)25-15-7-2-1-4-13(15)10-23-17(24)14-8-11-5-3-6-12(9-14)16(11)22;/h1-2,4,7,11-12,14,16H,3,5-6,8-10,22H2,(H,23,24);1H. The number of benzene rings is 1. The zero-order valence-electron chi connectivity index (χ0n) is 14.3. The van der Waals surface area contributed by atoms with Crippen molar-refractivity contribution in [2.45, 2.75) is 51.1 Å². The Morgan fingerprint density at radius 3 is 2.42 bits per heavy atom. The summed E-state index contributed by atoms with van der Waals surface area (Å²) in [7, 11) is 0. The minimum Gasteiger partial charge on any atom is -0.405 e. The van der Waals surface area contributed by atoms with Gasteiger partial charge in [0.1, 0.15) is 5.75 Å². The molecule has 3 N–H and O–H groups in total. The molecule has 0 aromatic heterocycles. The molecule has 0 heterocycles. The van der Waals surface area contributed by atoms with Crippen LogP contribution in [0.3, 0.4) is 0 Å². The zero-order chi connectivity index (χ0) is 18.0. The van der Waals surface area contributed by atoms with Gasteiger partial charge in [-0.3, -0.25) is 4.79 Å². The van der Waals surface area contributed by atoms with E-state index in [0.29, 0.717) is 17.4 Å². The van der Waals surface area contributed by atoms with Crippen molar-refractivity contribution in [2.24, 2.45) is 23.5 Å². The maximum absolute atomic E-state index is 12.5. The fourth-order valence-corrected chi connectivity index (χ4v) is 4.20. The Bertz CT molecular complexity index is 613. The van der Waals surface area contributed by atoms with Crippen molar-refractivity contribution < 1.29 is 22.7 Å². The highest BCUT2D eigenvalue weighted by Crippen LogP contribution is 2.42. The van der Waals surface area contributed by atoms with Gasteiger partial charge in [0.25, 0.3) is 0 Å². The Hall–Kier alpha value is -1.47. The third kappa shape index (κ3) is 5.04. The molecule has 2 aliphatic carbocycles. The van der Waals surface area contributed by atoms with Crippen LogP contribution in [-0.4, -0.2) is 18.3 Å². The molecule has 2 saturated carbocycles. The maximum atomic E-state index is 12.5. The molecular weight excluding hydrogens is 369 g/mol. The van der Waals surface area contributed by atoms with E-state index >= 15 is 0 Å². The molecule has 0 saturated heterocycles. The first-order chi connectivity index (χ1) is 11.8. The van der Waals surface area contributed by atoms with Crippen LogP contribution in [0, 0.1) is 17.8 Å². The van der Waals surface area contributed by atoms with Crippen LogP contribution >= 0.6 is 12.4 Å². The molecule has 0 aliphatic heterocycles. The summed E-state index contributed by atoms with van der Waals surface area (Å²) >= 11 is 0. The summed E-state index contributed by atoms with van der Waals surface area (Å²) in [6.45, 7) is 0.0168. The van der Waals surface area contributed by atoms with Crippen molar-refractivity contribution >= 4 is 18.3 Å². The molecule has 2 unspecified atom stereocenters. The quantitative estimate of drug-likeness (QED) is 0.819. The fourth-order valence-electron chi connectivity index (χ4n) is 4.20. The topological polar surface area (TPSA) is 64.4 Å². The molecule has 8 heteroatoms. The molecule has 3 rings (SSSR count). The van der Waals surface area contributed by atoms with Gasteiger partial charge in [-0.2, -0.15) is 0 Å². The van der Waals surface area contributed by atoms with Crippen LogP contribution in [0.1, 0.15) is 37.7 Å². The summed E-state index contributed by atoms with van der Waals surface area (Å²) < 4.78 is 41.4. The molecule has 1 aromatic rings. The van der Waals surface area contributed by atoms with Gasteiger partial charge in [-0.1, -0.05) is 24.6 Å². The largest absolute Gasteiger partial charge is 0.573 e. The summed E-state index contributed by atoms with van der Waals surface area (Å²) in [6, 6.07) is 6.04. The van der Waals surface area contributed by atoms with Gasteiger partial charge < -0.3 is 15.8 Å². The van der Waals surface area contributed by atoms with E-state index in [2.05, 4.69) is 10.1 Å². The van der Waals surface area contributed by atoms with Gasteiger partial charge in [0.05, 0.1) is 0 Å². The van der Waals surface area contributed by atoms with Gasteiger partial charge in [0.15, 0.2) is 0 Å². The number of amides is 1. The highest BCUT2D eigenvalue weighted by molar-refractivity contribution is 5.85. The summed E-state index contributed by atoms with van der Waals surface area (Å²) in [5.74, 6) is 0.266. The second-order valence-electron chi connectivity index (χ2n) is 7.07. The molecule has 4 nitrogen and oxygen atoms in total. The highest BCUT2D eigenvalue weighted by Gasteiger charge is 2.40. The van der Waals surface area contributed by atoms with Crippen LogP contribution in [0.5, 0.6) is 5.75 Å². The van der Waals surface area contributed by atoms with E-state index in [1.54, 1.807) is 6.07 Å². The van der Waals surface area contributed by atoms with Gasteiger partial charge in [-0.25, -0.2) is 0 Å². The van der Waals surface area contributed by atoms with Gasteiger partial charge in [0, 0.05) is 24.1 Å². The van der Waals surface area contributed by atoms with E-state index in [4.69, 9.17) is 5.73 Å². The average Bonchev–Trinajstić information content (AvgIpc) is 2.52. The third-order valence-electron chi connectivity index (χ3n) is 5.44. The predicted octanol–water partition coefficient (Wildman–Crippen LogP) is 3.78. The van der Waals surface area contributed by atoms with Gasteiger partial charge >= 0.3 is 6.36 Å². The lowest BCUT2D eigenvalue weighted by molar-refractivity contribution is -0.274. The molecule has 2 atom stereocenters. The number of alkyl halides is 3. The number of nitrogens with two attached hydrogens (primary N) is 1. The summed E-state index contributed by atoms with van der Waals surface area (Å²) in [5, 5.41) is 2.77. The van der Waals surface area contributed by atoms with Crippen LogP contribution < -0.4 is 15.8 Å². The average molecular weight is 393 g/mol. The first kappa shape index (κ1) is 20.8. The van der Waals surface area contributed by atoms with E-state index in [1.807, 2.05) is 0 Å². The predicted molar refractivity (Wildman–Crippen MR) is 93.8 cm³/mol. The Labute approximate surface area is 157 Å². The fraction of sp³-hybridized carbons (Fsp3) is 0.611. The van der Waals surface area contributed by atoms with Crippen LogP contribution in [0.25, 0.3) is 0 Å². The Morgan fingerprint density at radius 2 is 1.81 bits per heavy atom. The highest BCUT2D eigenvalue weighted by atomic mass is 35.5. The second-order valence-corrected chi connectivity index (χ2v) is 7.07. The normalized spacial score (nSPS) is 28.0. The monoisotopic (exact) mass is 392 g/mol. The third-order valence-corrected chi connectivity index (χ3v) is 5.44.